The van der Waals surface area contributed by atoms with Gasteiger partial charge >= 0.3 is 7.12 Å². The lowest BCUT2D eigenvalue weighted by atomic mass is 9.76. The molecule has 5 N–H and O–H groups in total. The summed E-state index contributed by atoms with van der Waals surface area (Å²) in [6.45, 7) is 4.80. The number of rotatable bonds is 14. The van der Waals surface area contributed by atoms with Gasteiger partial charge in [0, 0.05) is 18.4 Å². The topological polar surface area (TPSA) is 116 Å². The van der Waals surface area contributed by atoms with Crippen molar-refractivity contribution in [3.8, 4) is 0 Å². The third-order valence-electron chi connectivity index (χ3n) is 5.97. The molecule has 2 aromatic carbocycles. The molecule has 0 heterocycles. The lowest BCUT2D eigenvalue weighted by Crippen LogP contribution is -2.51. The second-order valence-electron chi connectivity index (χ2n) is 9.36. The van der Waals surface area contributed by atoms with Crippen molar-refractivity contribution in [2.75, 3.05) is 19.6 Å². The van der Waals surface area contributed by atoms with Crippen LogP contribution in [0.3, 0.4) is 0 Å². The summed E-state index contributed by atoms with van der Waals surface area (Å²) in [5, 5.41) is 22.0. The number of unbranched alkanes of at least 4 members (excludes halogenated alkanes) is 1. The van der Waals surface area contributed by atoms with E-state index in [-0.39, 0.29) is 24.3 Å². The first kappa shape index (κ1) is 27.6. The van der Waals surface area contributed by atoms with Crippen LogP contribution in [0.25, 0.3) is 0 Å². The minimum absolute atomic E-state index is 0.118. The molecule has 0 aliphatic heterocycles. The average molecular weight is 467 g/mol. The van der Waals surface area contributed by atoms with Crippen molar-refractivity contribution in [1.82, 2.24) is 10.2 Å². The molecular weight excluding hydrogens is 429 g/mol. The Morgan fingerprint density at radius 2 is 1.65 bits per heavy atom. The van der Waals surface area contributed by atoms with Crippen molar-refractivity contribution in [2.45, 2.75) is 57.3 Å². The summed E-state index contributed by atoms with van der Waals surface area (Å²) in [5.74, 6) is -1.34. The Kier molecular flexibility index (Phi) is 11.3. The van der Waals surface area contributed by atoms with E-state index in [9.17, 15) is 19.6 Å². The Morgan fingerprint density at radius 1 is 1.03 bits per heavy atom. The van der Waals surface area contributed by atoms with Gasteiger partial charge in [-0.1, -0.05) is 80.9 Å². The first-order chi connectivity index (χ1) is 16.2. The van der Waals surface area contributed by atoms with Crippen molar-refractivity contribution < 1.29 is 19.6 Å². The second-order valence-corrected chi connectivity index (χ2v) is 9.36. The summed E-state index contributed by atoms with van der Waals surface area (Å²) in [6.07, 6.45) is 2.66. The number of nitrogens with two attached hydrogens (primary N) is 1. The van der Waals surface area contributed by atoms with Gasteiger partial charge in [0.25, 0.3) is 0 Å². The smallest absolute Gasteiger partial charge is 0.426 e. The molecule has 0 aliphatic carbocycles. The number of nitrogens with one attached hydrogen (secondary N) is 1. The standard InChI is InChI=1S/C26H38BN3O4/c1-26(2,22-13-7-4-8-14-22)20-30(25(32)17-16-21-11-5-3-6-12-21)19-24(31)29-23(27(33)34)15-9-10-18-28/h3-8,11-14,23,33-34H,9-10,15-20,28H2,1-2H3,(H,29,31). The summed E-state index contributed by atoms with van der Waals surface area (Å²) < 4.78 is 0. The molecule has 0 saturated heterocycles. The predicted molar refractivity (Wildman–Crippen MR) is 136 cm³/mol. The van der Waals surface area contributed by atoms with E-state index in [0.717, 1.165) is 17.5 Å². The summed E-state index contributed by atoms with van der Waals surface area (Å²) >= 11 is 0. The number of hydrogen-bond acceptors (Lipinski definition) is 5. The van der Waals surface area contributed by atoms with Crippen LogP contribution >= 0.6 is 0 Å². The predicted octanol–water partition coefficient (Wildman–Crippen LogP) is 2.05. The lowest BCUT2D eigenvalue weighted by molar-refractivity contribution is -0.136. The van der Waals surface area contributed by atoms with Gasteiger partial charge in [-0.25, -0.2) is 0 Å². The molecule has 1 unspecified atom stereocenters. The van der Waals surface area contributed by atoms with Gasteiger partial charge < -0.3 is 26.0 Å². The van der Waals surface area contributed by atoms with Gasteiger partial charge in [-0.3, -0.25) is 9.59 Å². The molecule has 34 heavy (non-hydrogen) atoms. The summed E-state index contributed by atoms with van der Waals surface area (Å²) in [6, 6.07) is 19.7. The van der Waals surface area contributed by atoms with Crippen LogP contribution < -0.4 is 11.1 Å². The van der Waals surface area contributed by atoms with Gasteiger partial charge in [-0.2, -0.15) is 0 Å². The number of carbonyl (C=O) groups excluding carboxylic acids is 2. The maximum Gasteiger partial charge on any atom is 0.475 e. The fraction of sp³-hybridized carbons (Fsp3) is 0.462. The zero-order chi connectivity index (χ0) is 25.0. The molecule has 0 aromatic heterocycles. The third kappa shape index (κ3) is 9.29. The Morgan fingerprint density at radius 3 is 2.24 bits per heavy atom. The zero-order valence-corrected chi connectivity index (χ0v) is 20.3. The largest absolute Gasteiger partial charge is 0.475 e. The maximum atomic E-state index is 13.2. The van der Waals surface area contributed by atoms with E-state index in [1.54, 1.807) is 4.90 Å². The lowest BCUT2D eigenvalue weighted by Gasteiger charge is -2.33. The van der Waals surface area contributed by atoms with Crippen LogP contribution in [0.1, 0.15) is 50.7 Å². The molecular formula is C26H38BN3O4. The third-order valence-corrected chi connectivity index (χ3v) is 5.97. The van der Waals surface area contributed by atoms with Gasteiger partial charge in [0.1, 0.15) is 0 Å². The quantitative estimate of drug-likeness (QED) is 0.251. The molecule has 8 heteroatoms. The molecule has 0 aliphatic rings. The van der Waals surface area contributed by atoms with Crippen LogP contribution in [0.4, 0.5) is 0 Å². The fourth-order valence-electron chi connectivity index (χ4n) is 3.97. The highest BCUT2D eigenvalue weighted by atomic mass is 16.4. The van der Waals surface area contributed by atoms with Gasteiger partial charge in [-0.05, 0) is 36.9 Å². The Balaban J connectivity index is 2.11. The first-order valence-corrected chi connectivity index (χ1v) is 12.0. The number of aryl methyl sites for hydroxylation is 1. The van der Waals surface area contributed by atoms with E-state index in [4.69, 9.17) is 5.73 Å². The highest BCUT2D eigenvalue weighted by molar-refractivity contribution is 6.43. The molecule has 2 rings (SSSR count). The summed E-state index contributed by atoms with van der Waals surface area (Å²) in [7, 11) is -1.68. The van der Waals surface area contributed by atoms with Crippen LogP contribution in [-0.4, -0.2) is 59.5 Å². The fourth-order valence-corrected chi connectivity index (χ4v) is 3.97. The van der Waals surface area contributed by atoms with Crippen LogP contribution in [-0.2, 0) is 21.4 Å². The van der Waals surface area contributed by atoms with E-state index in [2.05, 4.69) is 5.32 Å². The molecule has 1 atom stereocenters. The number of benzene rings is 2. The zero-order valence-electron chi connectivity index (χ0n) is 20.3. The SMILES string of the molecule is CC(C)(CN(CC(=O)NC(CCCCN)B(O)O)C(=O)CCc1ccccc1)c1ccccc1. The molecule has 2 amide bonds. The second kappa shape index (κ2) is 13.9. The van der Waals surface area contributed by atoms with Crippen LogP contribution in [0.5, 0.6) is 0 Å². The van der Waals surface area contributed by atoms with E-state index in [1.807, 2.05) is 74.5 Å². The first-order valence-electron chi connectivity index (χ1n) is 12.0. The Hall–Kier alpha value is -2.68. The van der Waals surface area contributed by atoms with Crippen molar-refractivity contribution in [2.24, 2.45) is 5.73 Å². The van der Waals surface area contributed by atoms with Crippen LogP contribution in [0.15, 0.2) is 60.7 Å². The number of amides is 2. The van der Waals surface area contributed by atoms with E-state index < -0.39 is 19.0 Å². The van der Waals surface area contributed by atoms with Gasteiger partial charge in [0.2, 0.25) is 11.8 Å². The van der Waals surface area contributed by atoms with E-state index in [0.29, 0.717) is 32.4 Å². The number of hydrogen-bond donors (Lipinski definition) is 4. The molecule has 184 valence electrons. The van der Waals surface area contributed by atoms with Crippen molar-refractivity contribution in [3.05, 3.63) is 71.8 Å². The monoisotopic (exact) mass is 467 g/mol. The van der Waals surface area contributed by atoms with Crippen LogP contribution in [0.2, 0.25) is 0 Å². The highest BCUT2D eigenvalue weighted by Crippen LogP contribution is 2.24. The van der Waals surface area contributed by atoms with E-state index >= 15 is 0 Å². The molecule has 0 radical (unpaired) electrons. The molecule has 0 bridgehead atoms. The van der Waals surface area contributed by atoms with E-state index in [1.165, 1.54) is 0 Å². The number of carbonyl (C=O) groups is 2. The molecule has 2 aromatic rings. The van der Waals surface area contributed by atoms with Crippen molar-refractivity contribution >= 4 is 18.9 Å². The summed E-state index contributed by atoms with van der Waals surface area (Å²) in [5.41, 5.74) is 7.27. The van der Waals surface area contributed by atoms with Crippen LogP contribution in [0, 0.1) is 0 Å². The molecule has 7 nitrogen and oxygen atoms in total. The van der Waals surface area contributed by atoms with Crippen molar-refractivity contribution in [1.29, 1.82) is 0 Å². The van der Waals surface area contributed by atoms with Gasteiger partial charge in [0.05, 0.1) is 12.5 Å². The molecule has 0 spiro atoms. The Bertz CT molecular complexity index is 878. The molecule has 0 saturated carbocycles. The minimum atomic E-state index is -1.68. The summed E-state index contributed by atoms with van der Waals surface area (Å²) in [4.78, 5) is 27.7. The highest BCUT2D eigenvalue weighted by Gasteiger charge is 2.30. The van der Waals surface area contributed by atoms with Gasteiger partial charge in [-0.15, -0.1) is 0 Å². The normalized spacial score (nSPS) is 12.1. The average Bonchev–Trinajstić information content (AvgIpc) is 2.82. The van der Waals surface area contributed by atoms with Gasteiger partial charge in [0.15, 0.2) is 0 Å². The minimum Gasteiger partial charge on any atom is -0.426 e. The molecule has 0 fully saturated rings. The van der Waals surface area contributed by atoms with Crippen molar-refractivity contribution in [3.63, 3.8) is 0 Å². The Labute approximate surface area is 203 Å². The number of nitrogens with zero attached hydrogens (tertiary/aromatic N) is 1. The maximum absolute atomic E-state index is 13.2.